The summed E-state index contributed by atoms with van der Waals surface area (Å²) in [6.07, 6.45) is -7.33. The van der Waals surface area contributed by atoms with E-state index in [-0.39, 0.29) is 33.4 Å². The highest BCUT2D eigenvalue weighted by molar-refractivity contribution is 5.93. The van der Waals surface area contributed by atoms with Crippen molar-refractivity contribution in [3.63, 3.8) is 0 Å². The van der Waals surface area contributed by atoms with Crippen molar-refractivity contribution in [3.05, 3.63) is 215 Å². The van der Waals surface area contributed by atoms with Crippen LogP contribution in [0.15, 0.2) is 182 Å². The van der Waals surface area contributed by atoms with E-state index in [1.165, 1.54) is 72.8 Å². The SMILES string of the molecule is O=C(OC[C@H](OC(=O)c1ccccc1)[C@H](OC(=O)c1ccccc1)[C@@H](OC(=O)c1ccccc1)[C@H](COC(=O)c1ccccc1)OC(=O)c1ccccc1)c1ccccc1. The fourth-order valence-electron chi connectivity index (χ4n) is 5.82. The third-order valence-electron chi connectivity index (χ3n) is 8.87. The first-order valence-electron chi connectivity index (χ1n) is 18.8. The van der Waals surface area contributed by atoms with Gasteiger partial charge in [-0.2, -0.15) is 0 Å². The van der Waals surface area contributed by atoms with Crippen molar-refractivity contribution in [2.45, 2.75) is 24.4 Å². The van der Waals surface area contributed by atoms with Gasteiger partial charge in [0.15, 0.2) is 24.4 Å². The van der Waals surface area contributed by atoms with Gasteiger partial charge in [-0.25, -0.2) is 28.8 Å². The van der Waals surface area contributed by atoms with E-state index in [4.69, 9.17) is 28.4 Å². The van der Waals surface area contributed by atoms with E-state index in [0.29, 0.717) is 0 Å². The topological polar surface area (TPSA) is 158 Å². The summed E-state index contributed by atoms with van der Waals surface area (Å²) in [4.78, 5) is 82.5. The molecule has 0 aliphatic carbocycles. The number of rotatable bonds is 17. The standard InChI is InChI=1S/C48H38O12/c49-43(33-19-7-1-8-20-33)55-31-39(57-45(51)35-23-11-3-12-24-35)41(59-47(53)37-27-15-5-16-28-37)42(60-48(54)38-29-17-6-18-30-38)40(58-46(52)36-25-13-4-14-26-36)32-56-44(50)34-21-9-2-10-22-34/h1-30,39-42H,31-32H2/t39-,40-,41-,42-/m0/s1. The van der Waals surface area contributed by atoms with Crippen LogP contribution in [0.3, 0.4) is 0 Å². The minimum absolute atomic E-state index is 0.0402. The van der Waals surface area contributed by atoms with E-state index in [1.54, 1.807) is 109 Å². The summed E-state index contributed by atoms with van der Waals surface area (Å²) in [6, 6.07) is 47.1. The van der Waals surface area contributed by atoms with Gasteiger partial charge in [-0.05, 0) is 72.8 Å². The molecule has 0 spiro atoms. The largest absolute Gasteiger partial charge is 0.458 e. The fourth-order valence-corrected chi connectivity index (χ4v) is 5.82. The quantitative estimate of drug-likeness (QED) is 0.0658. The van der Waals surface area contributed by atoms with Crippen molar-refractivity contribution in [1.82, 2.24) is 0 Å². The zero-order valence-corrected chi connectivity index (χ0v) is 31.9. The van der Waals surface area contributed by atoms with Crippen LogP contribution in [0.1, 0.15) is 62.1 Å². The smallest absolute Gasteiger partial charge is 0.338 e. The Morgan fingerprint density at radius 2 is 0.483 bits per heavy atom. The first kappa shape index (κ1) is 41.8. The van der Waals surface area contributed by atoms with E-state index in [1.807, 2.05) is 0 Å². The van der Waals surface area contributed by atoms with Crippen molar-refractivity contribution < 1.29 is 57.2 Å². The lowest BCUT2D eigenvalue weighted by Crippen LogP contribution is -2.54. The molecule has 0 aliphatic heterocycles. The predicted octanol–water partition coefficient (Wildman–Crippen LogP) is 7.60. The molecule has 0 N–H and O–H groups in total. The zero-order chi connectivity index (χ0) is 42.1. The summed E-state index contributed by atoms with van der Waals surface area (Å²) in [5.41, 5.74) is 0.534. The summed E-state index contributed by atoms with van der Waals surface area (Å²) < 4.78 is 35.6. The van der Waals surface area contributed by atoms with Crippen molar-refractivity contribution in [2.75, 3.05) is 13.2 Å². The Labute approximate surface area is 345 Å². The number of hydrogen-bond acceptors (Lipinski definition) is 12. The molecule has 0 radical (unpaired) electrons. The summed E-state index contributed by atoms with van der Waals surface area (Å²) in [6.45, 7) is -1.52. The summed E-state index contributed by atoms with van der Waals surface area (Å²) in [5, 5.41) is 0. The van der Waals surface area contributed by atoms with Gasteiger partial charge in [0.25, 0.3) is 0 Å². The van der Waals surface area contributed by atoms with E-state index < -0.39 is 73.4 Å². The van der Waals surface area contributed by atoms with E-state index in [2.05, 4.69) is 0 Å². The second-order valence-electron chi connectivity index (χ2n) is 13.0. The van der Waals surface area contributed by atoms with Gasteiger partial charge in [-0.3, -0.25) is 0 Å². The first-order chi connectivity index (χ1) is 29.3. The van der Waals surface area contributed by atoms with Crippen LogP contribution in [0.4, 0.5) is 0 Å². The zero-order valence-electron chi connectivity index (χ0n) is 31.9. The van der Waals surface area contributed by atoms with Crippen molar-refractivity contribution in [3.8, 4) is 0 Å². The number of esters is 6. The van der Waals surface area contributed by atoms with E-state index in [0.717, 1.165) is 0 Å². The first-order valence-corrected chi connectivity index (χ1v) is 18.8. The molecule has 302 valence electrons. The lowest BCUT2D eigenvalue weighted by molar-refractivity contribution is -0.138. The Kier molecular flexibility index (Phi) is 14.7. The van der Waals surface area contributed by atoms with E-state index in [9.17, 15) is 28.8 Å². The van der Waals surface area contributed by atoms with Gasteiger partial charge in [-0.15, -0.1) is 0 Å². The summed E-state index contributed by atoms with van der Waals surface area (Å²) in [5.74, 6) is -5.48. The highest BCUT2D eigenvalue weighted by Gasteiger charge is 2.46. The molecule has 6 aromatic rings. The van der Waals surface area contributed by atoms with Crippen LogP contribution in [0.2, 0.25) is 0 Å². The summed E-state index contributed by atoms with van der Waals surface area (Å²) >= 11 is 0. The van der Waals surface area contributed by atoms with Gasteiger partial charge >= 0.3 is 35.8 Å². The third kappa shape index (κ3) is 11.6. The van der Waals surface area contributed by atoms with Gasteiger partial charge < -0.3 is 28.4 Å². The highest BCUT2D eigenvalue weighted by atomic mass is 16.6. The molecule has 0 saturated carbocycles. The average molecular weight is 807 g/mol. The minimum Gasteiger partial charge on any atom is -0.458 e. The Morgan fingerprint density at radius 3 is 0.717 bits per heavy atom. The Hall–Kier alpha value is -7.86. The second kappa shape index (κ2) is 21.1. The van der Waals surface area contributed by atoms with Crippen LogP contribution in [-0.4, -0.2) is 73.4 Å². The van der Waals surface area contributed by atoms with Gasteiger partial charge in [-0.1, -0.05) is 109 Å². The van der Waals surface area contributed by atoms with Crippen LogP contribution in [0.25, 0.3) is 0 Å². The van der Waals surface area contributed by atoms with Crippen molar-refractivity contribution in [1.29, 1.82) is 0 Å². The lowest BCUT2D eigenvalue weighted by atomic mass is 10.0. The van der Waals surface area contributed by atoms with Crippen LogP contribution in [0.5, 0.6) is 0 Å². The molecule has 0 unspecified atom stereocenters. The molecular formula is C48H38O12. The minimum atomic E-state index is -1.91. The van der Waals surface area contributed by atoms with Gasteiger partial charge in [0, 0.05) is 0 Å². The maximum atomic E-state index is 14.0. The average Bonchev–Trinajstić information content (AvgIpc) is 3.31. The Bertz CT molecular complexity index is 2170. The molecule has 60 heavy (non-hydrogen) atoms. The molecule has 4 atom stereocenters. The molecule has 0 aromatic heterocycles. The van der Waals surface area contributed by atoms with Crippen LogP contribution >= 0.6 is 0 Å². The molecular weight excluding hydrogens is 769 g/mol. The number of carbonyl (C=O) groups excluding carboxylic acids is 6. The second-order valence-corrected chi connectivity index (χ2v) is 13.0. The Morgan fingerprint density at radius 1 is 0.283 bits per heavy atom. The summed E-state index contributed by atoms with van der Waals surface area (Å²) in [7, 11) is 0. The van der Waals surface area contributed by atoms with Gasteiger partial charge in [0.1, 0.15) is 13.2 Å². The molecule has 6 rings (SSSR count). The lowest BCUT2D eigenvalue weighted by Gasteiger charge is -2.35. The molecule has 0 saturated heterocycles. The van der Waals surface area contributed by atoms with Crippen LogP contribution in [0, 0.1) is 0 Å². The number of carbonyl (C=O) groups is 6. The molecule has 0 fully saturated rings. The number of benzene rings is 6. The van der Waals surface area contributed by atoms with Crippen molar-refractivity contribution >= 4 is 35.8 Å². The van der Waals surface area contributed by atoms with Gasteiger partial charge in [0.05, 0.1) is 33.4 Å². The predicted molar refractivity (Wildman–Crippen MR) is 216 cm³/mol. The van der Waals surface area contributed by atoms with Crippen LogP contribution in [-0.2, 0) is 28.4 Å². The normalized spacial score (nSPS) is 12.6. The monoisotopic (exact) mass is 806 g/mol. The molecule has 0 heterocycles. The molecule has 0 aliphatic rings. The fraction of sp³-hybridized carbons (Fsp3) is 0.125. The number of hydrogen-bond donors (Lipinski definition) is 0. The van der Waals surface area contributed by atoms with Gasteiger partial charge in [0.2, 0.25) is 0 Å². The van der Waals surface area contributed by atoms with E-state index >= 15 is 0 Å². The molecule has 12 heteroatoms. The Balaban J connectivity index is 1.48. The maximum absolute atomic E-state index is 14.0. The molecule has 0 amide bonds. The molecule has 6 aromatic carbocycles. The maximum Gasteiger partial charge on any atom is 0.338 e. The van der Waals surface area contributed by atoms with Crippen molar-refractivity contribution in [2.24, 2.45) is 0 Å². The highest BCUT2D eigenvalue weighted by Crippen LogP contribution is 2.25. The third-order valence-corrected chi connectivity index (χ3v) is 8.87. The molecule has 0 bridgehead atoms. The number of ether oxygens (including phenoxy) is 6. The van der Waals surface area contributed by atoms with Crippen LogP contribution < -0.4 is 0 Å². The molecule has 12 nitrogen and oxygen atoms in total.